The number of nitrogens with zero attached hydrogens (tertiary/aromatic N) is 3. The lowest BCUT2D eigenvalue weighted by Gasteiger charge is -2.32. The third kappa shape index (κ3) is 5.60. The molecule has 3 N–H and O–H groups in total. The van der Waals surface area contributed by atoms with Crippen LogP contribution >= 0.6 is 0 Å². The van der Waals surface area contributed by atoms with Gasteiger partial charge in [-0.15, -0.1) is 0 Å². The summed E-state index contributed by atoms with van der Waals surface area (Å²) in [5.74, 6) is 0. The third-order valence-electron chi connectivity index (χ3n) is 6.79. The smallest absolute Gasteiger partial charge is 0.326 e. The van der Waals surface area contributed by atoms with Crippen LogP contribution in [0.5, 0.6) is 0 Å². The molecule has 0 saturated carbocycles. The van der Waals surface area contributed by atoms with Crippen molar-refractivity contribution in [1.29, 1.82) is 0 Å². The van der Waals surface area contributed by atoms with Gasteiger partial charge >= 0.3 is 11.4 Å². The molecule has 1 fully saturated rings. The molecule has 8 nitrogen and oxygen atoms in total. The molecule has 0 unspecified atom stereocenters. The fourth-order valence-electron chi connectivity index (χ4n) is 4.93. The van der Waals surface area contributed by atoms with Crippen molar-refractivity contribution in [3.63, 3.8) is 0 Å². The van der Waals surface area contributed by atoms with Gasteiger partial charge in [0.05, 0.1) is 22.1 Å². The van der Waals surface area contributed by atoms with E-state index in [9.17, 15) is 9.59 Å². The van der Waals surface area contributed by atoms with Gasteiger partial charge in [0.15, 0.2) is 0 Å². The van der Waals surface area contributed by atoms with Gasteiger partial charge in [0, 0.05) is 31.8 Å². The molecule has 188 valence electrons. The highest BCUT2D eigenvalue weighted by Crippen LogP contribution is 2.25. The summed E-state index contributed by atoms with van der Waals surface area (Å²) in [5.41, 5.74) is 6.16. The minimum absolute atomic E-state index is 0.0103. The van der Waals surface area contributed by atoms with Gasteiger partial charge in [-0.05, 0) is 88.9 Å². The lowest BCUT2D eigenvalue weighted by molar-refractivity contribution is 0.183. The Morgan fingerprint density at radius 2 is 1.54 bits per heavy atom. The monoisotopic (exact) mass is 479 g/mol. The van der Waals surface area contributed by atoms with Gasteiger partial charge in [0.1, 0.15) is 0 Å². The number of para-hydroxylation sites is 2. The molecule has 4 aromatic rings. The first kappa shape index (κ1) is 25.0. The first-order valence-corrected chi connectivity index (χ1v) is 12.5. The average Bonchev–Trinajstić information content (AvgIpc) is 3.29. The Morgan fingerprint density at radius 1 is 0.914 bits per heavy atom. The van der Waals surface area contributed by atoms with Crippen molar-refractivity contribution in [1.82, 2.24) is 24.0 Å². The number of aromatic nitrogens is 4. The van der Waals surface area contributed by atoms with Crippen LogP contribution in [0.15, 0.2) is 46.0 Å². The largest absolute Gasteiger partial charge is 0.394 e. The molecular formula is C27H37N5O3. The first-order valence-electron chi connectivity index (χ1n) is 12.5. The van der Waals surface area contributed by atoms with Gasteiger partial charge in [0.25, 0.3) is 0 Å². The highest BCUT2D eigenvalue weighted by molar-refractivity contribution is 5.77. The number of nitrogens with one attached hydrogen (secondary N) is 2. The standard InChI is InChI=1S/C24H29N5O2.C3H8O/c1-16-14-20-22(15-17(16)2)28(23(30)26-20)11-5-10-27-12-8-18(9-13-27)29-21-7-4-3-6-19(21)25-24(29)31;1-3(2)4/h3-4,6-7,14-15,18H,5,8-13H2,1-2H3,(H,25,31)(H,26,30);3-4H,1-2H3. The SMILES string of the molecule is CC(C)O.Cc1cc2[nH]c(=O)n(CCCN3CCC(n4c(=O)[nH]c5ccccc54)CC3)c2cc1C. The van der Waals surface area contributed by atoms with Crippen LogP contribution in [0, 0.1) is 13.8 Å². The van der Waals surface area contributed by atoms with Gasteiger partial charge < -0.3 is 20.0 Å². The number of hydrogen-bond acceptors (Lipinski definition) is 4. The van der Waals surface area contributed by atoms with E-state index in [1.807, 2.05) is 33.4 Å². The van der Waals surface area contributed by atoms with Crippen LogP contribution in [0.25, 0.3) is 22.1 Å². The number of hydrogen-bond donors (Lipinski definition) is 3. The van der Waals surface area contributed by atoms with E-state index in [0.29, 0.717) is 6.54 Å². The summed E-state index contributed by atoms with van der Waals surface area (Å²) in [7, 11) is 0. The maximum absolute atomic E-state index is 12.5. The number of aryl methyl sites for hydroxylation is 3. The molecule has 0 bridgehead atoms. The second kappa shape index (κ2) is 10.7. The molecule has 0 atom stereocenters. The Balaban J connectivity index is 0.000000672. The average molecular weight is 480 g/mol. The number of aliphatic hydroxyl groups is 1. The second-order valence-corrected chi connectivity index (χ2v) is 9.87. The van der Waals surface area contributed by atoms with Gasteiger partial charge in [-0.1, -0.05) is 12.1 Å². The minimum Gasteiger partial charge on any atom is -0.394 e. The van der Waals surface area contributed by atoms with E-state index < -0.39 is 0 Å². The van der Waals surface area contributed by atoms with Crippen LogP contribution in [0.3, 0.4) is 0 Å². The van der Waals surface area contributed by atoms with Crippen molar-refractivity contribution in [2.24, 2.45) is 0 Å². The van der Waals surface area contributed by atoms with E-state index in [1.54, 1.807) is 13.8 Å². The highest BCUT2D eigenvalue weighted by Gasteiger charge is 2.23. The number of likely N-dealkylation sites (tertiary alicyclic amines) is 1. The Morgan fingerprint density at radius 3 is 2.26 bits per heavy atom. The predicted octanol–water partition coefficient (Wildman–Crippen LogP) is 3.70. The predicted molar refractivity (Wildman–Crippen MR) is 141 cm³/mol. The van der Waals surface area contributed by atoms with Gasteiger partial charge in [-0.25, -0.2) is 9.59 Å². The van der Waals surface area contributed by atoms with E-state index in [-0.39, 0.29) is 23.5 Å². The number of rotatable bonds is 5. The fourth-order valence-corrected chi connectivity index (χ4v) is 4.93. The van der Waals surface area contributed by atoms with Gasteiger partial charge in [-0.3, -0.25) is 9.13 Å². The zero-order valence-corrected chi connectivity index (χ0v) is 21.2. The number of imidazole rings is 2. The van der Waals surface area contributed by atoms with Crippen LogP contribution in [0.2, 0.25) is 0 Å². The van der Waals surface area contributed by atoms with Crippen LogP contribution in [0.4, 0.5) is 0 Å². The summed E-state index contributed by atoms with van der Waals surface area (Å²) in [6.45, 7) is 11.2. The molecule has 35 heavy (non-hydrogen) atoms. The maximum Gasteiger partial charge on any atom is 0.326 e. The molecule has 1 aliphatic rings. The number of H-pyrrole nitrogens is 2. The van der Waals surface area contributed by atoms with Gasteiger partial charge in [-0.2, -0.15) is 0 Å². The van der Waals surface area contributed by atoms with E-state index >= 15 is 0 Å². The molecule has 2 aromatic heterocycles. The summed E-state index contributed by atoms with van der Waals surface area (Å²) in [6, 6.07) is 12.3. The maximum atomic E-state index is 12.5. The molecule has 1 aliphatic heterocycles. The lowest BCUT2D eigenvalue weighted by atomic mass is 10.0. The molecule has 0 spiro atoms. The van der Waals surface area contributed by atoms with E-state index in [2.05, 4.69) is 40.8 Å². The van der Waals surface area contributed by atoms with Crippen LogP contribution in [-0.2, 0) is 6.54 Å². The highest BCUT2D eigenvalue weighted by atomic mass is 16.3. The summed E-state index contributed by atoms with van der Waals surface area (Å²) >= 11 is 0. The lowest BCUT2D eigenvalue weighted by Crippen LogP contribution is -2.37. The summed E-state index contributed by atoms with van der Waals surface area (Å²) < 4.78 is 3.79. The third-order valence-corrected chi connectivity index (χ3v) is 6.79. The molecule has 0 aliphatic carbocycles. The Kier molecular flexibility index (Phi) is 7.62. The molecule has 5 rings (SSSR count). The number of piperidine rings is 1. The fraction of sp³-hybridized carbons (Fsp3) is 0.481. The zero-order chi connectivity index (χ0) is 25.1. The Bertz CT molecular complexity index is 1400. The second-order valence-electron chi connectivity index (χ2n) is 9.87. The van der Waals surface area contributed by atoms with E-state index in [0.717, 1.165) is 61.0 Å². The quantitative estimate of drug-likeness (QED) is 0.406. The molecule has 1 saturated heterocycles. The molecule has 0 radical (unpaired) electrons. The van der Waals surface area contributed by atoms with Crippen molar-refractivity contribution in [2.75, 3.05) is 19.6 Å². The molecule has 2 aromatic carbocycles. The molecule has 8 heteroatoms. The number of fused-ring (bicyclic) bond motifs is 2. The first-order chi connectivity index (χ1) is 16.7. The van der Waals surface area contributed by atoms with Crippen molar-refractivity contribution < 1.29 is 5.11 Å². The normalized spacial score (nSPS) is 15.1. The molecule has 0 amide bonds. The number of aliphatic hydroxyl groups excluding tert-OH is 1. The van der Waals surface area contributed by atoms with Crippen LogP contribution in [0.1, 0.15) is 50.3 Å². The van der Waals surface area contributed by atoms with Crippen molar-refractivity contribution >= 4 is 22.1 Å². The summed E-state index contributed by atoms with van der Waals surface area (Å²) in [4.78, 5) is 33.3. The van der Waals surface area contributed by atoms with E-state index in [4.69, 9.17) is 5.11 Å². The summed E-state index contributed by atoms with van der Waals surface area (Å²) in [6.07, 6.45) is 2.69. The van der Waals surface area contributed by atoms with Crippen LogP contribution in [-0.4, -0.2) is 54.8 Å². The topological polar surface area (TPSA) is 99.0 Å². The van der Waals surface area contributed by atoms with Crippen LogP contribution < -0.4 is 11.4 Å². The minimum atomic E-state index is -0.167. The molecular weight excluding hydrogens is 442 g/mol. The summed E-state index contributed by atoms with van der Waals surface area (Å²) in [5, 5.41) is 8.06. The Hall–Kier alpha value is -3.10. The van der Waals surface area contributed by atoms with Gasteiger partial charge in [0.2, 0.25) is 0 Å². The van der Waals surface area contributed by atoms with Crippen molar-refractivity contribution in [3.05, 3.63) is 68.5 Å². The van der Waals surface area contributed by atoms with E-state index in [1.165, 1.54) is 11.1 Å². The number of benzene rings is 2. The van der Waals surface area contributed by atoms with Crippen molar-refractivity contribution in [3.8, 4) is 0 Å². The molecule has 3 heterocycles. The zero-order valence-electron chi connectivity index (χ0n) is 21.2. The van der Waals surface area contributed by atoms with Crippen molar-refractivity contribution in [2.45, 2.75) is 65.6 Å². The Labute approximate surface area is 205 Å². The number of aromatic amines is 2.